The summed E-state index contributed by atoms with van der Waals surface area (Å²) in [7, 11) is 0. The van der Waals surface area contributed by atoms with Crippen LogP contribution in [-0.4, -0.2) is 57.7 Å². The van der Waals surface area contributed by atoms with E-state index in [9.17, 15) is 14.4 Å². The highest BCUT2D eigenvalue weighted by atomic mass is 19.1. The third-order valence-corrected chi connectivity index (χ3v) is 6.02. The number of aromatic nitrogens is 4. The number of hydrogen-bond acceptors (Lipinski definition) is 9. The molecule has 2 fully saturated rings. The molecule has 35 heavy (non-hydrogen) atoms. The minimum Gasteiger partial charge on any atom is -0.352 e. The Hall–Kier alpha value is -4.17. The van der Waals surface area contributed by atoms with Gasteiger partial charge in [-0.05, 0) is 50.1 Å². The van der Waals surface area contributed by atoms with Gasteiger partial charge < -0.3 is 20.9 Å². The molecule has 2 aliphatic heterocycles. The number of anilines is 4. The van der Waals surface area contributed by atoms with Crippen molar-refractivity contribution >= 4 is 29.2 Å². The van der Waals surface area contributed by atoms with E-state index in [0.29, 0.717) is 53.1 Å². The molecule has 0 saturated carbocycles. The molecule has 0 aromatic carbocycles. The van der Waals surface area contributed by atoms with Crippen LogP contribution in [0.1, 0.15) is 24.8 Å². The molecule has 1 amide bonds. The summed E-state index contributed by atoms with van der Waals surface area (Å²) in [6, 6.07) is 8.91. The maximum Gasteiger partial charge on any atom is 0.242 e. The van der Waals surface area contributed by atoms with Crippen molar-refractivity contribution in [1.82, 2.24) is 25.3 Å². The molecule has 2 saturated heterocycles. The van der Waals surface area contributed by atoms with Crippen molar-refractivity contribution in [3.8, 4) is 17.3 Å². The minimum atomic E-state index is -0.900. The summed E-state index contributed by atoms with van der Waals surface area (Å²) in [5.74, 6) is 1.22. The smallest absolute Gasteiger partial charge is 0.242 e. The largest absolute Gasteiger partial charge is 0.352 e. The fourth-order valence-electron chi connectivity index (χ4n) is 4.21. The summed E-state index contributed by atoms with van der Waals surface area (Å²) in [4.78, 5) is 31.5. The number of nitrogens with zero attached hydrogens (tertiary/aromatic N) is 6. The Labute approximate surface area is 201 Å². The second kappa shape index (κ2) is 9.99. The van der Waals surface area contributed by atoms with E-state index in [2.05, 4.69) is 42.0 Å². The van der Waals surface area contributed by atoms with Gasteiger partial charge in [-0.1, -0.05) is 0 Å². The molecule has 1 unspecified atom stereocenters. The van der Waals surface area contributed by atoms with E-state index < -0.39 is 6.17 Å². The van der Waals surface area contributed by atoms with Crippen molar-refractivity contribution in [3.05, 3.63) is 48.4 Å². The summed E-state index contributed by atoms with van der Waals surface area (Å²) < 4.78 is 13.6. The van der Waals surface area contributed by atoms with Crippen LogP contribution in [0.3, 0.4) is 0 Å². The lowest BCUT2D eigenvalue weighted by Gasteiger charge is -2.18. The minimum absolute atomic E-state index is 0.0858. The highest BCUT2D eigenvalue weighted by Crippen LogP contribution is 2.27. The van der Waals surface area contributed by atoms with Crippen molar-refractivity contribution in [1.29, 1.82) is 5.26 Å². The lowest BCUT2D eigenvalue weighted by molar-refractivity contribution is -0.117. The highest BCUT2D eigenvalue weighted by molar-refractivity contribution is 5.94. The van der Waals surface area contributed by atoms with Crippen LogP contribution >= 0.6 is 0 Å². The Morgan fingerprint density at radius 2 is 2.11 bits per heavy atom. The predicted octanol–water partition coefficient (Wildman–Crippen LogP) is 2.79. The molecule has 3 aromatic heterocycles. The highest BCUT2D eigenvalue weighted by Gasteiger charge is 2.25. The predicted molar refractivity (Wildman–Crippen MR) is 129 cm³/mol. The Kier molecular flexibility index (Phi) is 6.45. The van der Waals surface area contributed by atoms with E-state index in [1.807, 2.05) is 0 Å². The van der Waals surface area contributed by atoms with Crippen LogP contribution in [0.15, 0.2) is 42.9 Å². The van der Waals surface area contributed by atoms with Gasteiger partial charge in [-0.2, -0.15) is 5.26 Å². The first-order valence-corrected chi connectivity index (χ1v) is 11.5. The van der Waals surface area contributed by atoms with E-state index in [1.165, 1.54) is 0 Å². The quantitative estimate of drug-likeness (QED) is 0.494. The third-order valence-electron chi connectivity index (χ3n) is 6.02. The zero-order chi connectivity index (χ0) is 24.2. The molecule has 10 nitrogen and oxygen atoms in total. The summed E-state index contributed by atoms with van der Waals surface area (Å²) in [5, 5.41) is 18.7. The molecule has 0 aliphatic carbocycles. The van der Waals surface area contributed by atoms with Crippen molar-refractivity contribution < 1.29 is 9.18 Å². The maximum absolute atomic E-state index is 13.6. The second-order valence-corrected chi connectivity index (χ2v) is 8.50. The van der Waals surface area contributed by atoms with Crippen LogP contribution in [0.2, 0.25) is 0 Å². The molecule has 0 spiro atoms. The maximum atomic E-state index is 13.6. The summed E-state index contributed by atoms with van der Waals surface area (Å²) in [5.41, 5.74) is 2.27. The number of halogens is 1. The number of carbonyl (C=O) groups excluding carboxylic acids is 1. The molecule has 2 atom stereocenters. The Balaban J connectivity index is 1.28. The van der Waals surface area contributed by atoms with Crippen LogP contribution in [0.5, 0.6) is 0 Å². The molecule has 5 rings (SSSR count). The van der Waals surface area contributed by atoms with Gasteiger partial charge in [0.1, 0.15) is 23.9 Å². The van der Waals surface area contributed by atoms with E-state index >= 15 is 0 Å². The molecule has 3 N–H and O–H groups in total. The van der Waals surface area contributed by atoms with Crippen LogP contribution in [0.4, 0.5) is 27.7 Å². The van der Waals surface area contributed by atoms with Gasteiger partial charge in [0.2, 0.25) is 11.9 Å². The summed E-state index contributed by atoms with van der Waals surface area (Å²) >= 11 is 0. The molecule has 5 heterocycles. The zero-order valence-electron chi connectivity index (χ0n) is 18.9. The topological polar surface area (TPSA) is 132 Å². The molecular weight excluding hydrogens is 449 g/mol. The van der Waals surface area contributed by atoms with Crippen molar-refractivity contribution in [2.24, 2.45) is 0 Å². The van der Waals surface area contributed by atoms with E-state index in [4.69, 9.17) is 0 Å². The number of pyridine rings is 2. The average molecular weight is 474 g/mol. The monoisotopic (exact) mass is 473 g/mol. The standard InChI is InChI=1S/C24H24FN9O/c25-17-6-9-34(14-17)22-15(11-26)10-16(12-30-22)19-5-8-28-24(32-19)31-18-3-4-21(29-13-18)33-23(35)20-2-1-7-27-20/h3-5,8,10,12-13,17,20,27H,1-2,6-7,9,14H2,(H,28,31,32)(H,29,33,35)/t17-,20?/m0/s1. The van der Waals surface area contributed by atoms with Crippen LogP contribution in [0.25, 0.3) is 11.3 Å². The first-order chi connectivity index (χ1) is 17.1. The van der Waals surface area contributed by atoms with E-state index in [1.54, 1.807) is 47.8 Å². The lowest BCUT2D eigenvalue weighted by Crippen LogP contribution is -2.35. The van der Waals surface area contributed by atoms with Crippen LogP contribution in [-0.2, 0) is 4.79 Å². The number of amides is 1. The van der Waals surface area contributed by atoms with Gasteiger partial charge in [-0.25, -0.2) is 24.3 Å². The Morgan fingerprint density at radius 1 is 1.20 bits per heavy atom. The number of carbonyl (C=O) groups is 1. The van der Waals surface area contributed by atoms with Gasteiger partial charge in [0.05, 0.1) is 35.7 Å². The van der Waals surface area contributed by atoms with Crippen molar-refractivity contribution in [2.45, 2.75) is 31.5 Å². The van der Waals surface area contributed by atoms with Crippen molar-refractivity contribution in [3.63, 3.8) is 0 Å². The molecule has 0 radical (unpaired) electrons. The van der Waals surface area contributed by atoms with Gasteiger partial charge in [0.25, 0.3) is 0 Å². The number of rotatable bonds is 6. The average Bonchev–Trinajstić information content (AvgIpc) is 3.57. The number of nitrogens with one attached hydrogen (secondary N) is 3. The van der Waals surface area contributed by atoms with Crippen LogP contribution in [0, 0.1) is 11.3 Å². The fraction of sp³-hybridized carbons (Fsp3) is 0.333. The van der Waals surface area contributed by atoms with E-state index in [0.717, 1.165) is 19.4 Å². The molecule has 3 aromatic rings. The molecule has 2 aliphatic rings. The first-order valence-electron chi connectivity index (χ1n) is 11.5. The second-order valence-electron chi connectivity index (χ2n) is 8.50. The number of nitriles is 1. The van der Waals surface area contributed by atoms with Gasteiger partial charge in [0, 0.05) is 24.5 Å². The van der Waals surface area contributed by atoms with E-state index in [-0.39, 0.29) is 18.5 Å². The molecule has 0 bridgehead atoms. The van der Waals surface area contributed by atoms with Gasteiger partial charge in [-0.3, -0.25) is 4.79 Å². The molecule has 11 heteroatoms. The summed E-state index contributed by atoms with van der Waals surface area (Å²) in [6.45, 7) is 1.64. The SMILES string of the molecule is N#Cc1cc(-c2ccnc(Nc3ccc(NC(=O)C4CCCN4)nc3)n2)cnc1N1CC[C@H](F)C1. The van der Waals surface area contributed by atoms with Gasteiger partial charge in [0.15, 0.2) is 0 Å². The molecule has 178 valence electrons. The number of hydrogen-bond donors (Lipinski definition) is 3. The van der Waals surface area contributed by atoms with Gasteiger partial charge >= 0.3 is 0 Å². The first kappa shape index (κ1) is 22.6. The summed E-state index contributed by atoms with van der Waals surface area (Å²) in [6.07, 6.45) is 6.18. The lowest BCUT2D eigenvalue weighted by atomic mass is 10.1. The molecular formula is C24H24FN9O. The van der Waals surface area contributed by atoms with Crippen LogP contribution < -0.4 is 20.9 Å². The number of alkyl halides is 1. The zero-order valence-corrected chi connectivity index (χ0v) is 18.9. The van der Waals surface area contributed by atoms with Crippen molar-refractivity contribution in [2.75, 3.05) is 35.2 Å². The normalized spacial score (nSPS) is 19.4. The third kappa shape index (κ3) is 5.17. The Morgan fingerprint density at radius 3 is 2.83 bits per heavy atom. The van der Waals surface area contributed by atoms with Gasteiger partial charge in [-0.15, -0.1) is 0 Å². The fourth-order valence-corrected chi connectivity index (χ4v) is 4.21. The Bertz CT molecular complexity index is 1250.